The van der Waals surface area contributed by atoms with Gasteiger partial charge in [0.2, 0.25) is 5.91 Å². The number of rotatable bonds is 6. The topological polar surface area (TPSA) is 71.7 Å². The highest BCUT2D eigenvalue weighted by Crippen LogP contribution is 2.25. The molecule has 1 atom stereocenters. The highest BCUT2D eigenvalue weighted by atomic mass is 16.5. The minimum absolute atomic E-state index is 0.147. The molecule has 0 spiro atoms. The molecule has 1 unspecified atom stereocenters. The lowest BCUT2D eigenvalue weighted by atomic mass is 10.0. The summed E-state index contributed by atoms with van der Waals surface area (Å²) in [6.45, 7) is 4.45. The van der Waals surface area contributed by atoms with Crippen molar-refractivity contribution in [1.82, 2.24) is 5.32 Å². The fraction of sp³-hybridized carbons (Fsp3) is 0.438. The van der Waals surface area contributed by atoms with E-state index in [1.54, 1.807) is 6.26 Å². The molecule has 0 radical (unpaired) electrons. The van der Waals surface area contributed by atoms with E-state index < -0.39 is 6.10 Å². The van der Waals surface area contributed by atoms with Gasteiger partial charge in [-0.2, -0.15) is 0 Å². The van der Waals surface area contributed by atoms with E-state index in [0.717, 1.165) is 22.1 Å². The van der Waals surface area contributed by atoms with Gasteiger partial charge >= 0.3 is 0 Å². The predicted molar refractivity (Wildman–Crippen MR) is 80.3 cm³/mol. The molecule has 0 aliphatic carbocycles. The van der Waals surface area contributed by atoms with Crippen LogP contribution in [0.1, 0.15) is 16.7 Å². The maximum Gasteiger partial charge on any atom is 0.224 e. The minimum Gasteiger partial charge on any atom is -0.464 e. The van der Waals surface area contributed by atoms with E-state index in [2.05, 4.69) is 5.32 Å². The lowest BCUT2D eigenvalue weighted by Crippen LogP contribution is -2.35. The van der Waals surface area contributed by atoms with Crippen LogP contribution < -0.4 is 5.32 Å². The number of carbonyl (C=O) groups excluding carboxylic acids is 1. The van der Waals surface area contributed by atoms with Crippen LogP contribution in [0.2, 0.25) is 0 Å². The summed E-state index contributed by atoms with van der Waals surface area (Å²) in [6.07, 6.45) is 1.16. The highest BCUT2D eigenvalue weighted by molar-refractivity contribution is 5.88. The second kappa shape index (κ2) is 6.74. The van der Waals surface area contributed by atoms with Crippen LogP contribution in [-0.2, 0) is 16.0 Å². The van der Waals surface area contributed by atoms with Gasteiger partial charge in [0.15, 0.2) is 0 Å². The summed E-state index contributed by atoms with van der Waals surface area (Å²) >= 11 is 0. The van der Waals surface area contributed by atoms with Crippen molar-refractivity contribution < 1.29 is 19.1 Å². The number of methoxy groups -OCH3 is 1. The van der Waals surface area contributed by atoms with Gasteiger partial charge in [0.1, 0.15) is 5.58 Å². The Bertz CT molecular complexity index is 632. The molecule has 0 saturated carbocycles. The van der Waals surface area contributed by atoms with Crippen molar-refractivity contribution in [2.24, 2.45) is 0 Å². The SMILES string of the molecule is COCC(O)CNC(=O)Cc1coc2cc(C)c(C)cc12. The Morgan fingerprint density at radius 1 is 1.38 bits per heavy atom. The van der Waals surface area contributed by atoms with Crippen LogP contribution in [0.15, 0.2) is 22.8 Å². The van der Waals surface area contributed by atoms with E-state index in [9.17, 15) is 9.90 Å². The molecule has 0 aliphatic heterocycles. The molecule has 0 saturated heterocycles. The number of benzene rings is 1. The molecule has 1 heterocycles. The van der Waals surface area contributed by atoms with Crippen molar-refractivity contribution in [3.63, 3.8) is 0 Å². The van der Waals surface area contributed by atoms with Crippen LogP contribution in [0.3, 0.4) is 0 Å². The van der Waals surface area contributed by atoms with Crippen molar-refractivity contribution in [3.05, 3.63) is 35.1 Å². The number of nitrogens with one attached hydrogen (secondary N) is 1. The highest BCUT2D eigenvalue weighted by Gasteiger charge is 2.12. The minimum atomic E-state index is -0.690. The number of aliphatic hydroxyl groups excluding tert-OH is 1. The number of ether oxygens (including phenoxy) is 1. The van der Waals surface area contributed by atoms with Crippen LogP contribution in [0.4, 0.5) is 0 Å². The fourth-order valence-electron chi connectivity index (χ4n) is 2.19. The van der Waals surface area contributed by atoms with Gasteiger partial charge in [-0.3, -0.25) is 4.79 Å². The second-order valence-corrected chi connectivity index (χ2v) is 5.28. The van der Waals surface area contributed by atoms with Gasteiger partial charge in [-0.1, -0.05) is 0 Å². The van der Waals surface area contributed by atoms with Crippen molar-refractivity contribution in [2.75, 3.05) is 20.3 Å². The van der Waals surface area contributed by atoms with E-state index in [0.29, 0.717) is 0 Å². The molecule has 1 aromatic carbocycles. The Kier molecular flexibility index (Phi) is 4.98. The van der Waals surface area contributed by atoms with Gasteiger partial charge in [0.05, 0.1) is 25.4 Å². The zero-order valence-corrected chi connectivity index (χ0v) is 12.6. The van der Waals surface area contributed by atoms with Gasteiger partial charge < -0.3 is 19.6 Å². The monoisotopic (exact) mass is 291 g/mol. The van der Waals surface area contributed by atoms with Crippen LogP contribution in [0.5, 0.6) is 0 Å². The average molecular weight is 291 g/mol. The normalized spacial score (nSPS) is 12.6. The molecule has 0 aliphatic rings. The van der Waals surface area contributed by atoms with Crippen LogP contribution in [0, 0.1) is 13.8 Å². The molecule has 114 valence electrons. The molecular formula is C16H21NO4. The average Bonchev–Trinajstić information content (AvgIpc) is 2.80. The Balaban J connectivity index is 2.03. The first kappa shape index (κ1) is 15.5. The number of carbonyl (C=O) groups is 1. The number of hydrogen-bond acceptors (Lipinski definition) is 4. The van der Waals surface area contributed by atoms with Crippen molar-refractivity contribution in [1.29, 1.82) is 0 Å². The summed E-state index contributed by atoms with van der Waals surface area (Å²) in [5.41, 5.74) is 3.98. The lowest BCUT2D eigenvalue weighted by Gasteiger charge is -2.10. The lowest BCUT2D eigenvalue weighted by molar-refractivity contribution is -0.121. The third kappa shape index (κ3) is 3.83. The Labute approximate surface area is 123 Å². The smallest absolute Gasteiger partial charge is 0.224 e. The first-order valence-corrected chi connectivity index (χ1v) is 6.92. The quantitative estimate of drug-likeness (QED) is 0.850. The van der Waals surface area contributed by atoms with Crippen LogP contribution in [-0.4, -0.2) is 37.4 Å². The third-order valence-electron chi connectivity index (χ3n) is 3.51. The second-order valence-electron chi connectivity index (χ2n) is 5.28. The standard InChI is InChI=1S/C16H21NO4/c1-10-4-14-12(8-21-15(14)5-11(10)2)6-16(19)17-7-13(18)9-20-3/h4-5,8,13,18H,6-7,9H2,1-3H3,(H,17,19). The Morgan fingerprint density at radius 2 is 2.10 bits per heavy atom. The summed E-state index contributed by atoms with van der Waals surface area (Å²) in [7, 11) is 1.51. The summed E-state index contributed by atoms with van der Waals surface area (Å²) in [4.78, 5) is 11.9. The number of hydrogen-bond donors (Lipinski definition) is 2. The van der Waals surface area contributed by atoms with E-state index in [4.69, 9.17) is 9.15 Å². The first-order chi connectivity index (χ1) is 10.0. The number of aryl methyl sites for hydroxylation is 2. The zero-order chi connectivity index (χ0) is 15.4. The molecule has 2 aromatic rings. The van der Waals surface area contributed by atoms with E-state index in [-0.39, 0.29) is 25.5 Å². The van der Waals surface area contributed by atoms with E-state index in [1.807, 2.05) is 26.0 Å². The fourth-order valence-corrected chi connectivity index (χ4v) is 2.19. The van der Waals surface area contributed by atoms with Crippen molar-refractivity contribution in [2.45, 2.75) is 26.4 Å². The third-order valence-corrected chi connectivity index (χ3v) is 3.51. The van der Waals surface area contributed by atoms with Gasteiger partial charge in [-0.25, -0.2) is 0 Å². The van der Waals surface area contributed by atoms with E-state index >= 15 is 0 Å². The maximum absolute atomic E-state index is 11.9. The molecule has 2 rings (SSSR count). The van der Waals surface area contributed by atoms with Crippen molar-refractivity contribution >= 4 is 16.9 Å². The van der Waals surface area contributed by atoms with Crippen LogP contribution in [0.25, 0.3) is 11.0 Å². The van der Waals surface area contributed by atoms with Gasteiger partial charge in [-0.15, -0.1) is 0 Å². The molecule has 0 bridgehead atoms. The van der Waals surface area contributed by atoms with Gasteiger partial charge in [0.25, 0.3) is 0 Å². The molecule has 1 aromatic heterocycles. The molecule has 2 N–H and O–H groups in total. The largest absolute Gasteiger partial charge is 0.464 e. The molecule has 1 amide bonds. The molecule has 5 heteroatoms. The van der Waals surface area contributed by atoms with Gasteiger partial charge in [-0.05, 0) is 37.1 Å². The van der Waals surface area contributed by atoms with Crippen LogP contribution >= 0.6 is 0 Å². The molecule has 0 fully saturated rings. The summed E-state index contributed by atoms with van der Waals surface area (Å²) in [5.74, 6) is -0.147. The number of furan rings is 1. The predicted octanol–water partition coefficient (Wildman–Crippen LogP) is 1.72. The first-order valence-electron chi connectivity index (χ1n) is 6.92. The summed E-state index contributed by atoms with van der Waals surface area (Å²) in [6, 6.07) is 4.02. The number of fused-ring (bicyclic) bond motifs is 1. The van der Waals surface area contributed by atoms with Gasteiger partial charge in [0, 0.05) is 24.6 Å². The Hall–Kier alpha value is -1.85. The summed E-state index contributed by atoms with van der Waals surface area (Å²) in [5, 5.41) is 13.2. The number of aliphatic hydroxyl groups is 1. The summed E-state index contributed by atoms with van der Waals surface area (Å²) < 4.78 is 10.3. The van der Waals surface area contributed by atoms with E-state index in [1.165, 1.54) is 12.7 Å². The molecular weight excluding hydrogens is 270 g/mol. The maximum atomic E-state index is 11.9. The van der Waals surface area contributed by atoms with Crippen molar-refractivity contribution in [3.8, 4) is 0 Å². The number of amides is 1. The zero-order valence-electron chi connectivity index (χ0n) is 12.6. The molecule has 21 heavy (non-hydrogen) atoms. The Morgan fingerprint density at radius 3 is 2.81 bits per heavy atom. The molecule has 5 nitrogen and oxygen atoms in total.